The molecule has 0 bridgehead atoms. The molecule has 0 heterocycles. The van der Waals surface area contributed by atoms with Crippen LogP contribution in [0.15, 0.2) is 0 Å². The molecule has 12 heavy (non-hydrogen) atoms. The van der Waals surface area contributed by atoms with Gasteiger partial charge < -0.3 is 31.8 Å². The Bertz CT molecular complexity index is 61.8. The van der Waals surface area contributed by atoms with Crippen molar-refractivity contribution in [3.63, 3.8) is 0 Å². The maximum atomic E-state index is 7.33. The van der Waals surface area contributed by atoms with E-state index in [-0.39, 0.29) is 142 Å². The van der Waals surface area contributed by atoms with Crippen molar-refractivity contribution in [3.8, 4) is 0 Å². The van der Waals surface area contributed by atoms with Crippen LogP contribution in [-0.4, -0.2) is 112 Å². The minimum absolute atomic E-state index is 0. The first kappa shape index (κ1) is 56.2. The fourth-order valence-corrected chi connectivity index (χ4v) is 0. The van der Waals surface area contributed by atoms with E-state index in [0.29, 0.717) is 0 Å². The van der Waals surface area contributed by atoms with E-state index in [9.17, 15) is 0 Å². The van der Waals surface area contributed by atoms with E-state index in [0.717, 1.165) is 0 Å². The molecule has 0 unspecified atom stereocenters. The zero-order chi connectivity index (χ0) is 4.50. The van der Waals surface area contributed by atoms with Crippen LogP contribution in [0.5, 0.6) is 0 Å². The molecular weight excluding hydrogens is 297 g/mol. The Hall–Kier alpha value is 4.02. The number of hydrogen-bond donors (Lipinski definition) is 4. The van der Waals surface area contributed by atoms with E-state index in [1.165, 1.54) is 0 Å². The van der Waals surface area contributed by atoms with Crippen LogP contribution in [0.25, 0.3) is 0 Å². The third-order valence-electron chi connectivity index (χ3n) is 0. The molecular formula is H15AlCaFFeMgNaO5Si. The van der Waals surface area contributed by atoms with Gasteiger partial charge in [-0.2, -0.15) is 0 Å². The molecule has 0 aliphatic heterocycles. The first-order valence-corrected chi connectivity index (χ1v) is 2.68. The minimum atomic E-state index is -4.61. The van der Waals surface area contributed by atoms with Gasteiger partial charge in [0.25, 0.3) is 0 Å². The van der Waals surface area contributed by atoms with E-state index in [4.69, 9.17) is 19.2 Å². The molecule has 0 aliphatic rings. The molecule has 0 spiro atoms. The van der Waals surface area contributed by atoms with Crippen molar-refractivity contribution in [1.29, 1.82) is 0 Å². The Morgan fingerprint density at radius 2 is 1.00 bits per heavy atom. The van der Waals surface area contributed by atoms with Gasteiger partial charge in [0.2, 0.25) is 0 Å². The van der Waals surface area contributed by atoms with Crippen LogP contribution in [0.3, 0.4) is 0 Å². The summed E-state index contributed by atoms with van der Waals surface area (Å²) in [6, 6.07) is 0. The summed E-state index contributed by atoms with van der Waals surface area (Å²) >= 11 is 0. The van der Waals surface area contributed by atoms with Gasteiger partial charge in [0.1, 0.15) is 0 Å². The largest absolute Gasteiger partial charge is 2.00 e. The number of rotatable bonds is 0. The molecule has 0 aromatic rings. The van der Waals surface area contributed by atoms with Crippen molar-refractivity contribution < 1.29 is 83.1 Å². The van der Waals surface area contributed by atoms with Gasteiger partial charge in [-0.05, 0) is 0 Å². The summed E-state index contributed by atoms with van der Waals surface area (Å²) in [5.74, 6) is 0. The maximum Gasteiger partial charge on any atom is 2.00 e. The summed E-state index contributed by atoms with van der Waals surface area (Å²) in [5.41, 5.74) is 0. The predicted octanol–water partition coefficient (Wildman–Crippen LogP) is -7.66. The van der Waals surface area contributed by atoms with E-state index in [2.05, 4.69) is 0 Å². The van der Waals surface area contributed by atoms with E-state index < -0.39 is 9.05 Å². The predicted molar refractivity (Wildman–Crippen MR) is 47.8 cm³/mol. The molecule has 0 saturated carbocycles. The number of hydrogen-bond acceptors (Lipinski definition) is 4. The smallest absolute Gasteiger partial charge is 1.00 e. The number of halogens is 1. The second-order valence-corrected chi connectivity index (χ2v) is 1.80. The quantitative estimate of drug-likeness (QED) is 0.333. The third kappa shape index (κ3) is 147. The summed E-state index contributed by atoms with van der Waals surface area (Å²) in [4.78, 5) is 29.3. The molecule has 0 atom stereocenters. The van der Waals surface area contributed by atoms with Gasteiger partial charge >= 0.3 is 99.4 Å². The van der Waals surface area contributed by atoms with E-state index in [1.807, 2.05) is 0 Å². The van der Waals surface area contributed by atoms with Crippen LogP contribution in [-0.2, 0) is 17.1 Å². The summed E-state index contributed by atoms with van der Waals surface area (Å²) in [5, 5.41) is 0. The van der Waals surface area contributed by atoms with Crippen LogP contribution in [0.4, 0.5) is 4.70 Å². The van der Waals surface area contributed by atoms with Crippen molar-refractivity contribution in [2.24, 2.45) is 0 Å². The summed E-state index contributed by atoms with van der Waals surface area (Å²) in [6.45, 7) is 0. The van der Waals surface area contributed by atoms with Crippen molar-refractivity contribution in [1.82, 2.24) is 0 Å². The zero-order valence-corrected chi connectivity index (χ0v) is 13.7. The van der Waals surface area contributed by atoms with Crippen molar-refractivity contribution in [3.05, 3.63) is 0 Å². The monoisotopic (exact) mass is 312 g/mol. The summed E-state index contributed by atoms with van der Waals surface area (Å²) in [6.07, 6.45) is 0. The Morgan fingerprint density at radius 3 is 1.00 bits per heavy atom. The molecule has 0 aliphatic carbocycles. The van der Waals surface area contributed by atoms with Gasteiger partial charge in [0.05, 0.1) is 0 Å². The van der Waals surface area contributed by atoms with Crippen LogP contribution in [0.1, 0.15) is 7.13 Å². The topological polar surface area (TPSA) is 112 Å². The molecule has 6 N–H and O–H groups in total. The van der Waals surface area contributed by atoms with Gasteiger partial charge in [-0.25, -0.2) is 0 Å². The molecule has 72 valence electrons. The van der Waals surface area contributed by atoms with Gasteiger partial charge in [-0.15, -0.1) is 0 Å². The van der Waals surface area contributed by atoms with E-state index >= 15 is 0 Å². The van der Waals surface area contributed by atoms with Crippen LogP contribution in [0.2, 0.25) is 0 Å². The Morgan fingerprint density at radius 1 is 1.00 bits per heavy atom. The molecule has 0 amide bonds. The molecule has 5 nitrogen and oxygen atoms in total. The summed E-state index contributed by atoms with van der Waals surface area (Å²) < 4.78 is 0. The average molecular weight is 312 g/mol. The van der Waals surface area contributed by atoms with Crippen LogP contribution >= 0.6 is 0 Å². The Balaban J connectivity index is -0.00000000121. The van der Waals surface area contributed by atoms with E-state index in [1.54, 1.807) is 0 Å². The second-order valence-electron chi connectivity index (χ2n) is 0.600. The standard InChI is InChI=1S/Al.Ca.FH.Fe.Mg.Na.H4O4Si.H2O.8H/c;;;;;;1-5(2,3)4;;;;;;;;;/h;;1H;;;;1-4H;1H2;;;;;;;;/q;+2;;;+2;+1;;;;;;5*-1. The normalized spacial score (nSPS) is 5.00. The first-order valence-electron chi connectivity index (χ1n) is 0.894. The second kappa shape index (κ2) is 29.4. The molecule has 0 aromatic carbocycles. The maximum absolute atomic E-state index is 7.33. The van der Waals surface area contributed by atoms with Crippen molar-refractivity contribution in [2.75, 3.05) is 0 Å². The summed E-state index contributed by atoms with van der Waals surface area (Å²) in [7, 11) is -4.61. The van der Waals surface area contributed by atoms with Gasteiger partial charge in [-0.1, -0.05) is 0 Å². The van der Waals surface area contributed by atoms with Gasteiger partial charge in [-0.3, -0.25) is 4.70 Å². The molecule has 0 radical (unpaired) electrons. The molecule has 0 saturated heterocycles. The average Bonchev–Trinajstić information content (AvgIpc) is 0.722. The van der Waals surface area contributed by atoms with Crippen molar-refractivity contribution in [2.45, 2.75) is 0 Å². The zero-order valence-electron chi connectivity index (χ0n) is 11.0. The van der Waals surface area contributed by atoms with Crippen molar-refractivity contribution >= 4 is 87.2 Å². The van der Waals surface area contributed by atoms with Gasteiger partial charge in [0, 0.05) is 17.1 Å². The van der Waals surface area contributed by atoms with Crippen LogP contribution in [0, 0.1) is 0 Å². The fraction of sp³-hybridized carbons (Fsp3) is 0. The minimum Gasteiger partial charge on any atom is -1.00 e. The molecule has 0 rings (SSSR count). The fourth-order valence-electron chi connectivity index (χ4n) is 0. The SMILES string of the molecule is F.O.O[Si](O)(O)O.[AlH3].[Ca+2].[Fe].[H-].[H-].[H-].[H-].[H-].[Mg+2].[Na+]. The molecule has 0 fully saturated rings. The third-order valence-corrected chi connectivity index (χ3v) is 0. The molecule has 0 aromatic heterocycles. The first-order chi connectivity index (χ1) is 2.00. The van der Waals surface area contributed by atoms with Gasteiger partial charge in [0.15, 0.2) is 17.4 Å². The Kier molecular flexibility index (Phi) is 138. The Labute approximate surface area is 167 Å². The van der Waals surface area contributed by atoms with Crippen LogP contribution < -0.4 is 29.6 Å². The molecule has 12 heteroatoms.